The predicted molar refractivity (Wildman–Crippen MR) is 56.0 cm³/mol. The number of rotatable bonds is 3. The van der Waals surface area contributed by atoms with Crippen molar-refractivity contribution in [1.29, 1.82) is 0 Å². The van der Waals surface area contributed by atoms with Crippen LogP contribution in [0.15, 0.2) is 11.6 Å². The van der Waals surface area contributed by atoms with Crippen molar-refractivity contribution in [3.05, 3.63) is 11.6 Å². The van der Waals surface area contributed by atoms with Gasteiger partial charge in [-0.15, -0.1) is 0 Å². The van der Waals surface area contributed by atoms with Gasteiger partial charge < -0.3 is 4.79 Å². The molecular formula is C12H18O2. The average molecular weight is 194 g/mol. The fourth-order valence-electron chi connectivity index (χ4n) is 1.86. The molecule has 1 aliphatic rings. The SMILES string of the molecule is CC(=O)CCC1(C)CCC(=O)C=C1C. The molecule has 0 N–H and O–H groups in total. The lowest BCUT2D eigenvalue weighted by molar-refractivity contribution is -0.117. The summed E-state index contributed by atoms with van der Waals surface area (Å²) in [7, 11) is 0. The highest BCUT2D eigenvalue weighted by atomic mass is 16.1. The van der Waals surface area contributed by atoms with Crippen molar-refractivity contribution in [3.8, 4) is 0 Å². The Morgan fingerprint density at radius 1 is 1.57 bits per heavy atom. The van der Waals surface area contributed by atoms with Crippen molar-refractivity contribution in [3.63, 3.8) is 0 Å². The summed E-state index contributed by atoms with van der Waals surface area (Å²) in [6.45, 7) is 5.77. The molecule has 1 rings (SSSR count). The third kappa shape index (κ3) is 2.53. The topological polar surface area (TPSA) is 34.1 Å². The summed E-state index contributed by atoms with van der Waals surface area (Å²) in [5, 5.41) is 0. The second-order valence-electron chi connectivity index (χ2n) is 4.56. The highest BCUT2D eigenvalue weighted by Crippen LogP contribution is 2.39. The van der Waals surface area contributed by atoms with Crippen molar-refractivity contribution in [2.24, 2.45) is 5.41 Å². The zero-order valence-electron chi connectivity index (χ0n) is 9.22. The third-order valence-electron chi connectivity index (χ3n) is 3.28. The van der Waals surface area contributed by atoms with E-state index in [9.17, 15) is 9.59 Å². The zero-order valence-corrected chi connectivity index (χ0v) is 9.22. The van der Waals surface area contributed by atoms with Crippen LogP contribution < -0.4 is 0 Å². The fourth-order valence-corrected chi connectivity index (χ4v) is 1.86. The van der Waals surface area contributed by atoms with E-state index in [1.54, 1.807) is 13.0 Å². The average Bonchev–Trinajstić information content (AvgIpc) is 2.09. The van der Waals surface area contributed by atoms with E-state index in [4.69, 9.17) is 0 Å². The molecule has 2 nitrogen and oxygen atoms in total. The number of carbonyl (C=O) groups excluding carboxylic acids is 2. The van der Waals surface area contributed by atoms with E-state index in [1.807, 2.05) is 6.92 Å². The Hall–Kier alpha value is -0.920. The van der Waals surface area contributed by atoms with E-state index in [-0.39, 0.29) is 17.0 Å². The van der Waals surface area contributed by atoms with Crippen LogP contribution in [0.25, 0.3) is 0 Å². The van der Waals surface area contributed by atoms with E-state index in [0.717, 1.165) is 18.4 Å². The summed E-state index contributed by atoms with van der Waals surface area (Å²) in [4.78, 5) is 22.1. The zero-order chi connectivity index (χ0) is 10.8. The van der Waals surface area contributed by atoms with Crippen molar-refractivity contribution < 1.29 is 9.59 Å². The standard InChI is InChI=1S/C12H18O2/c1-9-8-11(14)5-7-12(9,3)6-4-10(2)13/h8H,4-7H2,1-3H3. The first-order valence-corrected chi connectivity index (χ1v) is 5.15. The van der Waals surface area contributed by atoms with Gasteiger partial charge in [0.2, 0.25) is 0 Å². The van der Waals surface area contributed by atoms with E-state index in [0.29, 0.717) is 12.8 Å². The first-order chi connectivity index (χ1) is 6.44. The first-order valence-electron chi connectivity index (χ1n) is 5.15. The van der Waals surface area contributed by atoms with Gasteiger partial charge in [0.15, 0.2) is 5.78 Å². The molecule has 0 amide bonds. The van der Waals surface area contributed by atoms with Gasteiger partial charge in [-0.3, -0.25) is 4.79 Å². The first kappa shape index (κ1) is 11.2. The minimum atomic E-state index is 0.0690. The Labute approximate surface area is 85.4 Å². The van der Waals surface area contributed by atoms with Crippen LogP contribution in [0.5, 0.6) is 0 Å². The van der Waals surface area contributed by atoms with Gasteiger partial charge in [-0.2, -0.15) is 0 Å². The maximum absolute atomic E-state index is 11.2. The summed E-state index contributed by atoms with van der Waals surface area (Å²) in [5.74, 6) is 0.457. The number of ketones is 2. The molecule has 0 aliphatic heterocycles. The Kier molecular flexibility index (Phi) is 3.25. The van der Waals surface area contributed by atoms with Crippen LogP contribution >= 0.6 is 0 Å². The molecule has 14 heavy (non-hydrogen) atoms. The van der Waals surface area contributed by atoms with Gasteiger partial charge in [0.1, 0.15) is 5.78 Å². The second-order valence-corrected chi connectivity index (χ2v) is 4.56. The Morgan fingerprint density at radius 3 is 2.71 bits per heavy atom. The number of allylic oxidation sites excluding steroid dienone is 2. The van der Waals surface area contributed by atoms with Crippen molar-refractivity contribution in [2.75, 3.05) is 0 Å². The summed E-state index contributed by atoms with van der Waals surface area (Å²) in [6, 6.07) is 0. The predicted octanol–water partition coefficient (Wildman–Crippen LogP) is 2.67. The van der Waals surface area contributed by atoms with Gasteiger partial charge in [-0.05, 0) is 38.2 Å². The maximum atomic E-state index is 11.2. The summed E-state index contributed by atoms with van der Waals surface area (Å²) < 4.78 is 0. The van der Waals surface area contributed by atoms with E-state index < -0.39 is 0 Å². The Morgan fingerprint density at radius 2 is 2.21 bits per heavy atom. The van der Waals surface area contributed by atoms with Crippen LogP contribution in [0.3, 0.4) is 0 Å². The highest BCUT2D eigenvalue weighted by molar-refractivity contribution is 5.91. The number of carbonyl (C=O) groups is 2. The molecule has 0 aromatic rings. The van der Waals surface area contributed by atoms with Crippen molar-refractivity contribution in [1.82, 2.24) is 0 Å². The molecule has 1 aliphatic carbocycles. The maximum Gasteiger partial charge on any atom is 0.155 e. The van der Waals surface area contributed by atoms with Gasteiger partial charge in [0.25, 0.3) is 0 Å². The summed E-state index contributed by atoms with van der Waals surface area (Å²) in [6.07, 6.45) is 4.75. The Balaban J connectivity index is 2.69. The molecule has 1 unspecified atom stereocenters. The molecule has 78 valence electrons. The summed E-state index contributed by atoms with van der Waals surface area (Å²) in [5.41, 5.74) is 1.20. The number of hydrogen-bond donors (Lipinski definition) is 0. The second kappa shape index (κ2) is 4.07. The lowest BCUT2D eigenvalue weighted by atomic mass is 9.71. The number of Topliss-reactive ketones (excluding diaryl/α,β-unsaturated/α-hetero) is 1. The van der Waals surface area contributed by atoms with Crippen molar-refractivity contribution >= 4 is 11.6 Å². The molecule has 0 spiro atoms. The van der Waals surface area contributed by atoms with Gasteiger partial charge in [0.05, 0.1) is 0 Å². The lowest BCUT2D eigenvalue weighted by Gasteiger charge is -2.33. The minimum Gasteiger partial charge on any atom is -0.300 e. The van der Waals surface area contributed by atoms with Gasteiger partial charge >= 0.3 is 0 Å². The van der Waals surface area contributed by atoms with Crippen LogP contribution in [0.4, 0.5) is 0 Å². The Bertz CT molecular complexity index is 289. The van der Waals surface area contributed by atoms with Crippen LogP contribution in [-0.4, -0.2) is 11.6 Å². The van der Waals surface area contributed by atoms with Crippen LogP contribution in [-0.2, 0) is 9.59 Å². The molecule has 0 bridgehead atoms. The third-order valence-corrected chi connectivity index (χ3v) is 3.28. The highest BCUT2D eigenvalue weighted by Gasteiger charge is 2.30. The molecule has 2 heteroatoms. The van der Waals surface area contributed by atoms with Gasteiger partial charge in [-0.1, -0.05) is 12.5 Å². The largest absolute Gasteiger partial charge is 0.300 e. The van der Waals surface area contributed by atoms with E-state index in [1.165, 1.54) is 0 Å². The van der Waals surface area contributed by atoms with E-state index >= 15 is 0 Å². The molecule has 0 saturated heterocycles. The van der Waals surface area contributed by atoms with Gasteiger partial charge in [-0.25, -0.2) is 0 Å². The molecule has 0 heterocycles. The molecule has 0 aromatic carbocycles. The quantitative estimate of drug-likeness (QED) is 0.692. The van der Waals surface area contributed by atoms with Crippen LogP contribution in [0.1, 0.15) is 46.5 Å². The smallest absolute Gasteiger partial charge is 0.155 e. The molecule has 0 radical (unpaired) electrons. The molecule has 0 fully saturated rings. The minimum absolute atomic E-state index is 0.0690. The monoisotopic (exact) mass is 194 g/mol. The molecule has 0 saturated carbocycles. The summed E-state index contributed by atoms with van der Waals surface area (Å²) >= 11 is 0. The fraction of sp³-hybridized carbons (Fsp3) is 0.667. The normalized spacial score (nSPS) is 27.4. The van der Waals surface area contributed by atoms with Crippen LogP contribution in [0.2, 0.25) is 0 Å². The van der Waals surface area contributed by atoms with Gasteiger partial charge in [0, 0.05) is 12.8 Å². The van der Waals surface area contributed by atoms with E-state index in [2.05, 4.69) is 6.92 Å². The molecule has 0 aromatic heterocycles. The molecular weight excluding hydrogens is 176 g/mol. The lowest BCUT2D eigenvalue weighted by Crippen LogP contribution is -2.24. The molecule has 1 atom stereocenters. The number of hydrogen-bond acceptors (Lipinski definition) is 2. The van der Waals surface area contributed by atoms with Crippen LogP contribution in [0, 0.1) is 5.41 Å². The van der Waals surface area contributed by atoms with Crippen molar-refractivity contribution in [2.45, 2.75) is 46.5 Å².